The number of rotatable bonds is 4. The van der Waals surface area contributed by atoms with E-state index in [4.69, 9.17) is 0 Å². The first-order chi connectivity index (χ1) is 8.70. The molecule has 0 radical (unpaired) electrons. The Morgan fingerprint density at radius 3 is 2.61 bits per heavy atom. The zero-order chi connectivity index (χ0) is 13.0. The number of ether oxygens (including phenoxy) is 1. The van der Waals surface area contributed by atoms with E-state index in [1.165, 1.54) is 7.11 Å². The van der Waals surface area contributed by atoms with Gasteiger partial charge in [-0.05, 0) is 30.5 Å². The van der Waals surface area contributed by atoms with E-state index >= 15 is 0 Å². The van der Waals surface area contributed by atoms with Gasteiger partial charge in [0.1, 0.15) is 0 Å². The monoisotopic (exact) mass is 247 g/mol. The maximum Gasteiger partial charge on any atom is 0.337 e. The number of nitrogens with zero attached hydrogens (tertiary/aromatic N) is 1. The number of carbonyl (C=O) groups excluding carboxylic acids is 2. The molecule has 1 aromatic carbocycles. The molecule has 0 saturated carbocycles. The third-order valence-electron chi connectivity index (χ3n) is 3.22. The lowest BCUT2D eigenvalue weighted by Crippen LogP contribution is -2.26. The van der Waals surface area contributed by atoms with E-state index in [0.29, 0.717) is 12.0 Å². The predicted octanol–water partition coefficient (Wildman–Crippen LogP) is 1.64. The molecule has 0 spiro atoms. The van der Waals surface area contributed by atoms with Crippen LogP contribution in [0.4, 0.5) is 0 Å². The van der Waals surface area contributed by atoms with Crippen molar-refractivity contribution in [3.63, 3.8) is 0 Å². The smallest absolute Gasteiger partial charge is 0.337 e. The number of esters is 1. The summed E-state index contributed by atoms with van der Waals surface area (Å²) in [4.78, 5) is 24.6. The molecule has 0 aliphatic carbocycles. The molecule has 0 aromatic heterocycles. The SMILES string of the molecule is COC(=O)c1ccc(CCN2CCCC2=O)cc1. The van der Waals surface area contributed by atoms with Crippen LogP contribution in [-0.4, -0.2) is 37.0 Å². The minimum Gasteiger partial charge on any atom is -0.465 e. The topological polar surface area (TPSA) is 46.6 Å². The van der Waals surface area contributed by atoms with E-state index in [9.17, 15) is 9.59 Å². The van der Waals surface area contributed by atoms with Gasteiger partial charge in [-0.15, -0.1) is 0 Å². The molecule has 4 nitrogen and oxygen atoms in total. The Morgan fingerprint density at radius 1 is 1.33 bits per heavy atom. The molecule has 1 heterocycles. The summed E-state index contributed by atoms with van der Waals surface area (Å²) in [7, 11) is 1.37. The molecule has 96 valence electrons. The first kappa shape index (κ1) is 12.6. The maximum absolute atomic E-state index is 11.4. The van der Waals surface area contributed by atoms with Crippen LogP contribution in [0.5, 0.6) is 0 Å². The zero-order valence-corrected chi connectivity index (χ0v) is 10.5. The maximum atomic E-state index is 11.4. The van der Waals surface area contributed by atoms with Crippen LogP contribution in [0.1, 0.15) is 28.8 Å². The van der Waals surface area contributed by atoms with Crippen LogP contribution in [0.2, 0.25) is 0 Å². The van der Waals surface area contributed by atoms with E-state index in [0.717, 1.165) is 31.5 Å². The van der Waals surface area contributed by atoms with Crippen LogP contribution in [0.3, 0.4) is 0 Å². The fraction of sp³-hybridized carbons (Fsp3) is 0.429. The van der Waals surface area contributed by atoms with E-state index < -0.39 is 0 Å². The minimum absolute atomic E-state index is 0.251. The Hall–Kier alpha value is -1.84. The second-order valence-corrected chi connectivity index (χ2v) is 4.42. The molecule has 1 amide bonds. The summed E-state index contributed by atoms with van der Waals surface area (Å²) in [5, 5.41) is 0. The van der Waals surface area contributed by atoms with E-state index in [-0.39, 0.29) is 11.9 Å². The molecule has 2 rings (SSSR count). The minimum atomic E-state index is -0.323. The Bertz CT molecular complexity index is 439. The summed E-state index contributed by atoms with van der Waals surface area (Å²) >= 11 is 0. The Balaban J connectivity index is 1.90. The van der Waals surface area contributed by atoms with Crippen molar-refractivity contribution in [2.75, 3.05) is 20.2 Å². The summed E-state index contributed by atoms with van der Waals surface area (Å²) in [6.07, 6.45) is 2.48. The van der Waals surface area contributed by atoms with Gasteiger partial charge in [0, 0.05) is 19.5 Å². The first-order valence-electron chi connectivity index (χ1n) is 6.16. The summed E-state index contributed by atoms with van der Waals surface area (Å²) < 4.78 is 4.64. The van der Waals surface area contributed by atoms with Crippen molar-refractivity contribution in [2.45, 2.75) is 19.3 Å². The average molecular weight is 247 g/mol. The number of carbonyl (C=O) groups is 2. The second-order valence-electron chi connectivity index (χ2n) is 4.42. The lowest BCUT2D eigenvalue weighted by molar-refractivity contribution is -0.127. The number of methoxy groups -OCH3 is 1. The second kappa shape index (κ2) is 5.67. The van der Waals surface area contributed by atoms with Gasteiger partial charge in [0.15, 0.2) is 0 Å². The Labute approximate surface area is 107 Å². The fourth-order valence-corrected chi connectivity index (χ4v) is 2.13. The molecule has 1 fully saturated rings. The number of likely N-dealkylation sites (tertiary alicyclic amines) is 1. The van der Waals surface area contributed by atoms with Crippen molar-refractivity contribution >= 4 is 11.9 Å². The molecule has 1 aromatic rings. The van der Waals surface area contributed by atoms with Gasteiger partial charge in [0.05, 0.1) is 12.7 Å². The Morgan fingerprint density at radius 2 is 2.06 bits per heavy atom. The van der Waals surface area contributed by atoms with E-state index in [1.807, 2.05) is 17.0 Å². The molecular formula is C14H17NO3. The van der Waals surface area contributed by atoms with Crippen LogP contribution in [0.15, 0.2) is 24.3 Å². The van der Waals surface area contributed by atoms with Gasteiger partial charge in [-0.25, -0.2) is 4.79 Å². The van der Waals surface area contributed by atoms with Crippen molar-refractivity contribution in [3.05, 3.63) is 35.4 Å². The largest absolute Gasteiger partial charge is 0.465 e. The van der Waals surface area contributed by atoms with Crippen LogP contribution in [0, 0.1) is 0 Å². The number of amides is 1. The van der Waals surface area contributed by atoms with Gasteiger partial charge in [-0.2, -0.15) is 0 Å². The molecular weight excluding hydrogens is 230 g/mol. The van der Waals surface area contributed by atoms with Crippen LogP contribution in [-0.2, 0) is 16.0 Å². The molecule has 0 N–H and O–H groups in total. The number of hydrogen-bond donors (Lipinski definition) is 0. The van der Waals surface area contributed by atoms with Crippen molar-refractivity contribution < 1.29 is 14.3 Å². The van der Waals surface area contributed by atoms with E-state index in [1.54, 1.807) is 12.1 Å². The van der Waals surface area contributed by atoms with Crippen molar-refractivity contribution in [1.82, 2.24) is 4.90 Å². The lowest BCUT2D eigenvalue weighted by Gasteiger charge is -2.15. The van der Waals surface area contributed by atoms with Crippen molar-refractivity contribution in [3.8, 4) is 0 Å². The third kappa shape index (κ3) is 2.88. The molecule has 0 unspecified atom stereocenters. The number of benzene rings is 1. The highest BCUT2D eigenvalue weighted by atomic mass is 16.5. The highest BCUT2D eigenvalue weighted by molar-refractivity contribution is 5.89. The molecule has 4 heteroatoms. The van der Waals surface area contributed by atoms with Crippen LogP contribution < -0.4 is 0 Å². The van der Waals surface area contributed by atoms with Crippen LogP contribution >= 0.6 is 0 Å². The number of hydrogen-bond acceptors (Lipinski definition) is 3. The van der Waals surface area contributed by atoms with Gasteiger partial charge >= 0.3 is 5.97 Å². The average Bonchev–Trinajstić information content (AvgIpc) is 2.81. The summed E-state index contributed by atoms with van der Waals surface area (Å²) in [5.41, 5.74) is 1.68. The Kier molecular flexibility index (Phi) is 3.97. The zero-order valence-electron chi connectivity index (χ0n) is 10.5. The standard InChI is InChI=1S/C14H17NO3/c1-18-14(17)12-6-4-11(5-7-12)8-10-15-9-2-3-13(15)16/h4-7H,2-3,8-10H2,1H3. The highest BCUT2D eigenvalue weighted by Gasteiger charge is 2.19. The van der Waals surface area contributed by atoms with Gasteiger partial charge in [0.2, 0.25) is 5.91 Å². The summed E-state index contributed by atoms with van der Waals surface area (Å²) in [6, 6.07) is 7.33. The van der Waals surface area contributed by atoms with Gasteiger partial charge in [-0.3, -0.25) is 4.79 Å². The van der Waals surface area contributed by atoms with Crippen molar-refractivity contribution in [2.24, 2.45) is 0 Å². The third-order valence-corrected chi connectivity index (χ3v) is 3.22. The molecule has 0 atom stereocenters. The van der Waals surface area contributed by atoms with Crippen molar-refractivity contribution in [1.29, 1.82) is 0 Å². The summed E-state index contributed by atoms with van der Waals surface area (Å²) in [5.74, 6) is -0.0718. The van der Waals surface area contributed by atoms with Gasteiger partial charge in [0.25, 0.3) is 0 Å². The van der Waals surface area contributed by atoms with Gasteiger partial charge in [-0.1, -0.05) is 12.1 Å². The van der Waals surface area contributed by atoms with E-state index in [2.05, 4.69) is 4.74 Å². The van der Waals surface area contributed by atoms with Gasteiger partial charge < -0.3 is 9.64 Å². The fourth-order valence-electron chi connectivity index (χ4n) is 2.13. The summed E-state index contributed by atoms with van der Waals surface area (Å²) in [6.45, 7) is 1.63. The molecule has 18 heavy (non-hydrogen) atoms. The molecule has 1 saturated heterocycles. The molecule has 1 aliphatic heterocycles. The molecule has 1 aliphatic rings. The highest BCUT2D eigenvalue weighted by Crippen LogP contribution is 2.12. The lowest BCUT2D eigenvalue weighted by atomic mass is 10.1. The first-order valence-corrected chi connectivity index (χ1v) is 6.16. The quantitative estimate of drug-likeness (QED) is 0.760. The normalized spacial score (nSPS) is 14.9. The molecule has 0 bridgehead atoms. The van der Waals surface area contributed by atoms with Crippen LogP contribution in [0.25, 0.3) is 0 Å². The predicted molar refractivity (Wildman–Crippen MR) is 67.3 cm³/mol.